The normalized spacial score (nSPS) is 10.6. The molecule has 96 valence electrons. The highest BCUT2D eigenvalue weighted by atomic mass is 19.1. The first-order valence-corrected chi connectivity index (χ1v) is 4.91. The Morgan fingerprint density at radius 3 is 2.56 bits per heavy atom. The van der Waals surface area contributed by atoms with Gasteiger partial charge in [-0.15, -0.1) is 0 Å². The number of carbonyl (C=O) groups is 2. The second-order valence-corrected chi connectivity index (χ2v) is 3.34. The number of benzene rings is 1. The lowest BCUT2D eigenvalue weighted by Crippen LogP contribution is -2.02. The van der Waals surface area contributed by atoms with E-state index in [1.165, 1.54) is 19.3 Å². The van der Waals surface area contributed by atoms with Gasteiger partial charge in [0.1, 0.15) is 11.6 Å². The Hall–Kier alpha value is -2.24. The number of carbonyl (C=O) groups excluding carboxylic acids is 1. The zero-order chi connectivity index (χ0) is 13.7. The van der Waals surface area contributed by atoms with Gasteiger partial charge in [0.15, 0.2) is 0 Å². The summed E-state index contributed by atoms with van der Waals surface area (Å²) in [5.41, 5.74) is -0.876. The van der Waals surface area contributed by atoms with Crippen molar-refractivity contribution in [1.82, 2.24) is 0 Å². The smallest absolute Gasteiger partial charge is 0.338 e. The molecule has 6 heteroatoms. The largest absolute Gasteiger partial charge is 0.478 e. The number of hydrogen-bond donors (Lipinski definition) is 1. The Bertz CT molecular complexity index is 509. The molecule has 0 saturated carbocycles. The van der Waals surface area contributed by atoms with Crippen LogP contribution < -0.4 is 0 Å². The highest BCUT2D eigenvalue weighted by molar-refractivity contribution is 5.88. The Balaban J connectivity index is 2.95. The lowest BCUT2D eigenvalue weighted by molar-refractivity contribution is -0.139. The summed E-state index contributed by atoms with van der Waals surface area (Å²) in [4.78, 5) is 21.3. The summed E-state index contributed by atoms with van der Waals surface area (Å²) in [5.74, 6) is -3.98. The molecule has 0 heterocycles. The van der Waals surface area contributed by atoms with Gasteiger partial charge in [-0.25, -0.2) is 13.6 Å². The van der Waals surface area contributed by atoms with E-state index in [9.17, 15) is 18.4 Å². The van der Waals surface area contributed by atoms with Crippen molar-refractivity contribution in [3.63, 3.8) is 0 Å². The van der Waals surface area contributed by atoms with Gasteiger partial charge in [0.25, 0.3) is 0 Å². The summed E-state index contributed by atoms with van der Waals surface area (Å²) in [6.45, 7) is 0. The van der Waals surface area contributed by atoms with Crippen LogP contribution in [0.1, 0.15) is 22.3 Å². The molecule has 1 rings (SSSR count). The molecular formula is C12H10F2O4. The number of ether oxygens (including phenoxy) is 1. The van der Waals surface area contributed by atoms with Gasteiger partial charge in [0.05, 0.1) is 19.1 Å². The molecule has 1 N–H and O–H groups in total. The zero-order valence-corrected chi connectivity index (χ0v) is 9.44. The average molecular weight is 256 g/mol. The second-order valence-electron chi connectivity index (χ2n) is 3.34. The van der Waals surface area contributed by atoms with E-state index < -0.39 is 29.1 Å². The van der Waals surface area contributed by atoms with Crippen molar-refractivity contribution in [3.05, 3.63) is 41.0 Å². The summed E-state index contributed by atoms with van der Waals surface area (Å²) in [6, 6.07) is 1.35. The maximum absolute atomic E-state index is 13.4. The Kier molecular flexibility index (Phi) is 4.53. The zero-order valence-electron chi connectivity index (χ0n) is 9.44. The predicted octanol–water partition coefficient (Wildman–Crippen LogP) is 2.24. The quantitative estimate of drug-likeness (QED) is 0.839. The van der Waals surface area contributed by atoms with Gasteiger partial charge < -0.3 is 9.84 Å². The molecule has 18 heavy (non-hydrogen) atoms. The summed E-state index contributed by atoms with van der Waals surface area (Å²) in [7, 11) is 1.21. The van der Waals surface area contributed by atoms with Crippen molar-refractivity contribution < 1.29 is 28.2 Å². The molecule has 0 aliphatic heterocycles. The fraction of sp³-hybridized carbons (Fsp3) is 0.167. The van der Waals surface area contributed by atoms with Crippen LogP contribution in [0.15, 0.2) is 18.2 Å². The molecule has 1 aromatic rings. The van der Waals surface area contributed by atoms with Crippen molar-refractivity contribution in [2.24, 2.45) is 0 Å². The number of methoxy groups -OCH3 is 1. The number of aromatic carboxylic acids is 1. The molecule has 0 atom stereocenters. The van der Waals surface area contributed by atoms with E-state index >= 15 is 0 Å². The van der Waals surface area contributed by atoms with Crippen molar-refractivity contribution in [1.29, 1.82) is 0 Å². The molecule has 4 nitrogen and oxygen atoms in total. The lowest BCUT2D eigenvalue weighted by Gasteiger charge is -2.01. The molecule has 0 bridgehead atoms. The standard InChI is InChI=1S/C12H10F2O4/c1-18-11(15)4-2-3-7-5-10(14)8(12(16)17)6-9(7)13/h2-3,5-6H,4H2,1H3,(H,16,17). The van der Waals surface area contributed by atoms with Crippen LogP contribution in [0.5, 0.6) is 0 Å². The Morgan fingerprint density at radius 1 is 1.33 bits per heavy atom. The number of carboxylic acid groups (broad SMARTS) is 1. The van der Waals surface area contributed by atoms with E-state index in [1.807, 2.05) is 0 Å². The minimum atomic E-state index is -1.54. The van der Waals surface area contributed by atoms with Gasteiger partial charge in [0.2, 0.25) is 0 Å². The molecule has 0 fully saturated rings. The van der Waals surface area contributed by atoms with Crippen LogP contribution in [-0.4, -0.2) is 24.2 Å². The molecule has 0 radical (unpaired) electrons. The summed E-state index contributed by atoms with van der Waals surface area (Å²) < 4.78 is 31.0. The Morgan fingerprint density at radius 2 is 2.00 bits per heavy atom. The summed E-state index contributed by atoms with van der Waals surface area (Å²) in [5, 5.41) is 8.58. The average Bonchev–Trinajstić information content (AvgIpc) is 2.32. The third-order valence-corrected chi connectivity index (χ3v) is 2.13. The van der Waals surface area contributed by atoms with Crippen LogP contribution in [0.25, 0.3) is 6.08 Å². The third-order valence-electron chi connectivity index (χ3n) is 2.13. The van der Waals surface area contributed by atoms with Gasteiger partial charge in [-0.05, 0) is 12.1 Å². The van der Waals surface area contributed by atoms with Gasteiger partial charge in [-0.1, -0.05) is 12.2 Å². The number of hydrogen-bond acceptors (Lipinski definition) is 3. The topological polar surface area (TPSA) is 63.6 Å². The van der Waals surface area contributed by atoms with Crippen LogP contribution >= 0.6 is 0 Å². The van der Waals surface area contributed by atoms with E-state index in [-0.39, 0.29) is 12.0 Å². The molecule has 0 saturated heterocycles. The van der Waals surface area contributed by atoms with Gasteiger partial charge in [-0.2, -0.15) is 0 Å². The molecular weight excluding hydrogens is 246 g/mol. The molecule has 0 unspecified atom stereocenters. The molecule has 0 aliphatic carbocycles. The van der Waals surface area contributed by atoms with E-state index in [2.05, 4.69) is 4.74 Å². The van der Waals surface area contributed by atoms with E-state index in [0.29, 0.717) is 6.07 Å². The first-order chi connectivity index (χ1) is 8.45. The van der Waals surface area contributed by atoms with Crippen LogP contribution in [-0.2, 0) is 9.53 Å². The van der Waals surface area contributed by atoms with Crippen molar-refractivity contribution in [2.75, 3.05) is 7.11 Å². The molecule has 0 aliphatic rings. The van der Waals surface area contributed by atoms with Crippen LogP contribution in [0.4, 0.5) is 8.78 Å². The first kappa shape index (κ1) is 13.8. The predicted molar refractivity (Wildman–Crippen MR) is 59.0 cm³/mol. The molecule has 0 spiro atoms. The van der Waals surface area contributed by atoms with E-state index in [4.69, 9.17) is 5.11 Å². The SMILES string of the molecule is COC(=O)CC=Cc1cc(F)c(C(=O)O)cc1F. The summed E-state index contributed by atoms with van der Waals surface area (Å²) in [6.07, 6.45) is 2.39. The van der Waals surface area contributed by atoms with Gasteiger partial charge >= 0.3 is 11.9 Å². The monoisotopic (exact) mass is 256 g/mol. The van der Waals surface area contributed by atoms with Crippen LogP contribution in [0.3, 0.4) is 0 Å². The highest BCUT2D eigenvalue weighted by Crippen LogP contribution is 2.16. The third kappa shape index (κ3) is 3.38. The van der Waals surface area contributed by atoms with Crippen molar-refractivity contribution in [3.8, 4) is 0 Å². The molecule has 0 aromatic heterocycles. The number of rotatable bonds is 4. The van der Waals surface area contributed by atoms with E-state index in [1.54, 1.807) is 0 Å². The first-order valence-electron chi connectivity index (χ1n) is 4.91. The minimum absolute atomic E-state index is 0.0851. The molecule has 1 aromatic carbocycles. The number of esters is 1. The fourth-order valence-corrected chi connectivity index (χ4v) is 1.22. The number of halogens is 2. The molecule has 0 amide bonds. The number of carboxylic acids is 1. The van der Waals surface area contributed by atoms with Gasteiger partial charge in [0, 0.05) is 5.56 Å². The fourth-order valence-electron chi connectivity index (χ4n) is 1.22. The minimum Gasteiger partial charge on any atom is -0.478 e. The second kappa shape index (κ2) is 5.90. The van der Waals surface area contributed by atoms with Crippen LogP contribution in [0.2, 0.25) is 0 Å². The maximum atomic E-state index is 13.4. The van der Waals surface area contributed by atoms with E-state index in [0.717, 1.165) is 6.07 Å². The van der Waals surface area contributed by atoms with Crippen molar-refractivity contribution >= 4 is 18.0 Å². The highest BCUT2D eigenvalue weighted by Gasteiger charge is 2.13. The summed E-state index contributed by atoms with van der Waals surface area (Å²) >= 11 is 0. The maximum Gasteiger partial charge on any atom is 0.338 e. The lowest BCUT2D eigenvalue weighted by atomic mass is 10.1. The Labute approximate surface area is 101 Å². The van der Waals surface area contributed by atoms with Crippen LogP contribution in [0, 0.1) is 11.6 Å². The van der Waals surface area contributed by atoms with Crippen molar-refractivity contribution in [2.45, 2.75) is 6.42 Å². The van der Waals surface area contributed by atoms with Gasteiger partial charge in [-0.3, -0.25) is 4.79 Å².